The van der Waals surface area contributed by atoms with E-state index in [0.717, 1.165) is 22.2 Å². The van der Waals surface area contributed by atoms with Gasteiger partial charge in [-0.15, -0.1) is 0 Å². The Hall–Kier alpha value is -3.77. The molecule has 1 aromatic heterocycles. The van der Waals surface area contributed by atoms with Crippen LogP contribution in [0.5, 0.6) is 0 Å². The summed E-state index contributed by atoms with van der Waals surface area (Å²) in [5.41, 5.74) is 3.77. The van der Waals surface area contributed by atoms with E-state index in [1.807, 2.05) is 56.3 Å². The monoisotopic (exact) mass is 444 g/mol. The van der Waals surface area contributed by atoms with Gasteiger partial charge in [0.25, 0.3) is 11.8 Å². The van der Waals surface area contributed by atoms with Crippen molar-refractivity contribution in [2.75, 3.05) is 5.32 Å². The van der Waals surface area contributed by atoms with Gasteiger partial charge in [-0.1, -0.05) is 41.9 Å². The number of nitrogens with zero attached hydrogens (tertiary/aromatic N) is 2. The van der Waals surface area contributed by atoms with Crippen LogP contribution in [0.2, 0.25) is 5.02 Å². The molecular weight excluding hydrogens is 424 g/mol. The quantitative estimate of drug-likeness (QED) is 0.435. The molecule has 1 heterocycles. The number of rotatable bonds is 5. The molecule has 0 saturated heterocycles. The maximum Gasteiger partial charge on any atom is 0.257 e. The number of fused-ring (bicyclic) bond motifs is 1. The second-order valence-electron chi connectivity index (χ2n) is 7.60. The van der Waals surface area contributed by atoms with Crippen LogP contribution in [0.15, 0.2) is 73.1 Å². The minimum Gasteiger partial charge on any atom is -0.350 e. The first-order chi connectivity index (χ1) is 15.4. The topological polar surface area (TPSA) is 84.0 Å². The Morgan fingerprint density at radius 3 is 2.50 bits per heavy atom. The lowest BCUT2D eigenvalue weighted by molar-refractivity contribution is 0.0941. The summed E-state index contributed by atoms with van der Waals surface area (Å²) in [4.78, 5) is 33.7. The average molecular weight is 445 g/mol. The van der Waals surface area contributed by atoms with E-state index in [-0.39, 0.29) is 28.4 Å². The Morgan fingerprint density at radius 2 is 1.72 bits per heavy atom. The van der Waals surface area contributed by atoms with E-state index >= 15 is 0 Å². The van der Waals surface area contributed by atoms with E-state index in [9.17, 15) is 9.59 Å². The molecule has 32 heavy (non-hydrogen) atoms. The number of halogens is 1. The molecule has 0 spiro atoms. The van der Waals surface area contributed by atoms with Crippen molar-refractivity contribution >= 4 is 40.0 Å². The van der Waals surface area contributed by atoms with E-state index in [2.05, 4.69) is 20.6 Å². The molecule has 7 heteroatoms. The van der Waals surface area contributed by atoms with Crippen LogP contribution in [0.25, 0.3) is 22.2 Å². The van der Waals surface area contributed by atoms with Gasteiger partial charge in [0.1, 0.15) is 6.33 Å². The Morgan fingerprint density at radius 1 is 0.906 bits per heavy atom. The predicted molar refractivity (Wildman–Crippen MR) is 127 cm³/mol. The van der Waals surface area contributed by atoms with Crippen molar-refractivity contribution in [3.05, 3.63) is 89.2 Å². The standard InChI is InChI=1S/C25H21ClN4O2/c1-15(2)29-24(31)17-10-11-19(21(26)13-17)25(32)30-18-7-5-6-16(12-18)23-20-8-3-4-9-22(20)27-14-28-23/h3-15H,1-2H3,(H,29,31)(H,30,32). The van der Waals surface area contributed by atoms with Crippen molar-refractivity contribution in [1.82, 2.24) is 15.3 Å². The number of hydrogen-bond acceptors (Lipinski definition) is 4. The summed E-state index contributed by atoms with van der Waals surface area (Å²) < 4.78 is 0. The molecule has 0 unspecified atom stereocenters. The van der Waals surface area contributed by atoms with Crippen LogP contribution in [0.3, 0.4) is 0 Å². The molecule has 160 valence electrons. The number of amides is 2. The molecule has 0 bridgehead atoms. The number of nitrogens with one attached hydrogen (secondary N) is 2. The first kappa shape index (κ1) is 21.5. The van der Waals surface area contributed by atoms with Gasteiger partial charge in [-0.05, 0) is 50.2 Å². The number of anilines is 1. The second-order valence-corrected chi connectivity index (χ2v) is 8.00. The Balaban J connectivity index is 1.58. The van der Waals surface area contributed by atoms with Crippen LogP contribution >= 0.6 is 11.6 Å². The molecule has 2 N–H and O–H groups in total. The fraction of sp³-hybridized carbons (Fsp3) is 0.120. The lowest BCUT2D eigenvalue weighted by Crippen LogP contribution is -2.30. The van der Waals surface area contributed by atoms with Crippen LogP contribution in [-0.4, -0.2) is 27.8 Å². The molecule has 0 radical (unpaired) electrons. The lowest BCUT2D eigenvalue weighted by Gasteiger charge is -2.11. The van der Waals surface area contributed by atoms with Gasteiger partial charge in [-0.3, -0.25) is 9.59 Å². The Kier molecular flexibility index (Phi) is 6.14. The third-order valence-corrected chi connectivity index (χ3v) is 5.15. The minimum absolute atomic E-state index is 0.00327. The van der Waals surface area contributed by atoms with Gasteiger partial charge in [0.2, 0.25) is 0 Å². The van der Waals surface area contributed by atoms with Crippen LogP contribution in [-0.2, 0) is 0 Å². The van der Waals surface area contributed by atoms with Gasteiger partial charge in [0, 0.05) is 28.2 Å². The fourth-order valence-corrected chi connectivity index (χ4v) is 3.63. The smallest absolute Gasteiger partial charge is 0.257 e. The number of benzene rings is 3. The Labute approximate surface area is 190 Å². The minimum atomic E-state index is -0.365. The second kappa shape index (κ2) is 9.16. The van der Waals surface area contributed by atoms with Gasteiger partial charge in [0.15, 0.2) is 0 Å². The molecule has 0 aliphatic heterocycles. The highest BCUT2D eigenvalue weighted by Crippen LogP contribution is 2.27. The highest BCUT2D eigenvalue weighted by Gasteiger charge is 2.15. The van der Waals surface area contributed by atoms with Crippen molar-refractivity contribution in [3.8, 4) is 11.3 Å². The largest absolute Gasteiger partial charge is 0.350 e. The summed E-state index contributed by atoms with van der Waals surface area (Å²) in [5.74, 6) is -0.603. The van der Waals surface area contributed by atoms with Gasteiger partial charge in [-0.25, -0.2) is 9.97 Å². The number of carbonyl (C=O) groups is 2. The van der Waals surface area contributed by atoms with Gasteiger partial charge in [0.05, 0.1) is 21.8 Å². The molecule has 4 rings (SSSR count). The van der Waals surface area contributed by atoms with Crippen molar-refractivity contribution in [2.24, 2.45) is 0 Å². The van der Waals surface area contributed by atoms with Gasteiger partial charge in [-0.2, -0.15) is 0 Å². The van der Waals surface area contributed by atoms with E-state index in [1.54, 1.807) is 18.2 Å². The number of para-hydroxylation sites is 1. The summed E-state index contributed by atoms with van der Waals surface area (Å²) in [5, 5.41) is 6.80. The first-order valence-corrected chi connectivity index (χ1v) is 10.5. The summed E-state index contributed by atoms with van der Waals surface area (Å²) in [6.07, 6.45) is 1.53. The molecule has 0 saturated carbocycles. The van der Waals surface area contributed by atoms with Crippen molar-refractivity contribution < 1.29 is 9.59 Å². The zero-order valence-corrected chi connectivity index (χ0v) is 18.4. The SMILES string of the molecule is CC(C)NC(=O)c1ccc(C(=O)Nc2cccc(-c3ncnc4ccccc34)c2)c(Cl)c1. The highest BCUT2D eigenvalue weighted by atomic mass is 35.5. The summed E-state index contributed by atoms with van der Waals surface area (Å²) in [7, 11) is 0. The zero-order chi connectivity index (χ0) is 22.7. The summed E-state index contributed by atoms with van der Waals surface area (Å²) in [6, 6.07) is 19.8. The molecule has 2 amide bonds. The van der Waals surface area contributed by atoms with Crippen LogP contribution in [0, 0.1) is 0 Å². The predicted octanol–water partition coefficient (Wildman–Crippen LogP) is 5.34. The Bertz CT molecular complexity index is 1320. The molecule has 6 nitrogen and oxygen atoms in total. The van der Waals surface area contributed by atoms with Gasteiger partial charge < -0.3 is 10.6 Å². The van der Waals surface area contributed by atoms with Crippen LogP contribution in [0.1, 0.15) is 34.6 Å². The van der Waals surface area contributed by atoms with Crippen molar-refractivity contribution in [2.45, 2.75) is 19.9 Å². The van der Waals surface area contributed by atoms with Crippen molar-refractivity contribution in [1.29, 1.82) is 0 Å². The number of aromatic nitrogens is 2. The fourth-order valence-electron chi connectivity index (χ4n) is 3.36. The van der Waals surface area contributed by atoms with E-state index in [4.69, 9.17) is 11.6 Å². The van der Waals surface area contributed by atoms with Crippen molar-refractivity contribution in [3.63, 3.8) is 0 Å². The van der Waals surface area contributed by atoms with E-state index in [1.165, 1.54) is 12.4 Å². The van der Waals surface area contributed by atoms with E-state index < -0.39 is 0 Å². The zero-order valence-electron chi connectivity index (χ0n) is 17.6. The van der Waals surface area contributed by atoms with Crippen LogP contribution in [0.4, 0.5) is 5.69 Å². The summed E-state index contributed by atoms with van der Waals surface area (Å²) >= 11 is 6.31. The molecule has 0 aliphatic rings. The molecule has 0 atom stereocenters. The summed E-state index contributed by atoms with van der Waals surface area (Å²) in [6.45, 7) is 3.75. The van der Waals surface area contributed by atoms with Gasteiger partial charge >= 0.3 is 0 Å². The normalized spacial score (nSPS) is 10.9. The average Bonchev–Trinajstić information content (AvgIpc) is 2.78. The first-order valence-electron chi connectivity index (χ1n) is 10.1. The maximum atomic E-state index is 12.8. The maximum absolute atomic E-state index is 12.8. The number of carbonyl (C=O) groups excluding carboxylic acids is 2. The van der Waals surface area contributed by atoms with Crippen LogP contribution < -0.4 is 10.6 Å². The third kappa shape index (κ3) is 4.60. The molecule has 4 aromatic rings. The number of hydrogen-bond donors (Lipinski definition) is 2. The lowest BCUT2D eigenvalue weighted by atomic mass is 10.1. The van der Waals surface area contributed by atoms with E-state index in [0.29, 0.717) is 11.3 Å². The molecule has 0 aliphatic carbocycles. The highest BCUT2D eigenvalue weighted by molar-refractivity contribution is 6.34. The molecule has 3 aromatic carbocycles. The third-order valence-electron chi connectivity index (χ3n) is 4.83. The molecule has 0 fully saturated rings. The molecular formula is C25H21ClN4O2.